The number of fused-ring (bicyclic) bond motifs is 2. The minimum atomic E-state index is -1.01. The van der Waals surface area contributed by atoms with Gasteiger partial charge < -0.3 is 15.2 Å². The number of thiazole rings is 1. The number of aliphatic carboxylic acids is 1. The average molecular weight is 294 g/mol. The van der Waals surface area contributed by atoms with E-state index in [-0.39, 0.29) is 5.91 Å². The molecule has 1 aromatic rings. The van der Waals surface area contributed by atoms with Crippen LogP contribution in [0.25, 0.3) is 0 Å². The molecule has 4 atom stereocenters. The number of carbonyl (C=O) groups is 2. The Morgan fingerprint density at radius 3 is 2.50 bits per heavy atom. The molecule has 3 rings (SSSR count). The van der Waals surface area contributed by atoms with E-state index in [0.717, 1.165) is 10.6 Å². The van der Waals surface area contributed by atoms with Crippen LogP contribution in [0.2, 0.25) is 0 Å². The second-order valence-electron chi connectivity index (χ2n) is 4.99. The molecule has 2 aliphatic heterocycles. The zero-order valence-corrected chi connectivity index (χ0v) is 11.8. The molecule has 0 saturated carbocycles. The Kier molecular flexibility index (Phi) is 3.10. The minimum absolute atomic E-state index is 0.344. The van der Waals surface area contributed by atoms with Gasteiger partial charge in [-0.05, 0) is 13.8 Å². The maximum atomic E-state index is 12.3. The van der Waals surface area contributed by atoms with Crippen LogP contribution in [0.5, 0.6) is 0 Å². The SMILES string of the molecule is Cc1nc(NC(=O)[C@@H]2[C@@H](C(=O)O)[C@H]3C=C[C@H]2O3)sc1C. The molecule has 0 aliphatic carbocycles. The Bertz CT molecular complexity index is 590. The molecular weight excluding hydrogens is 280 g/mol. The van der Waals surface area contributed by atoms with Gasteiger partial charge in [0.15, 0.2) is 5.13 Å². The summed E-state index contributed by atoms with van der Waals surface area (Å²) in [6.45, 7) is 3.79. The molecule has 0 unspecified atom stereocenters. The third-order valence-corrected chi connectivity index (χ3v) is 4.73. The average Bonchev–Trinajstić information content (AvgIpc) is 3.04. The molecule has 6 nitrogen and oxygen atoms in total. The lowest BCUT2D eigenvalue weighted by Crippen LogP contribution is -2.39. The molecule has 1 amide bonds. The van der Waals surface area contributed by atoms with Gasteiger partial charge in [0, 0.05) is 4.88 Å². The van der Waals surface area contributed by atoms with Gasteiger partial charge in [-0.25, -0.2) is 4.98 Å². The maximum Gasteiger partial charge on any atom is 0.310 e. The number of ether oxygens (including phenoxy) is 1. The Hall–Kier alpha value is -1.73. The summed E-state index contributed by atoms with van der Waals surface area (Å²) in [5.41, 5.74) is 0.865. The number of nitrogens with zero attached hydrogens (tertiary/aromatic N) is 1. The fourth-order valence-electron chi connectivity index (χ4n) is 2.63. The first-order chi connectivity index (χ1) is 9.47. The normalized spacial score (nSPS) is 30.7. The van der Waals surface area contributed by atoms with E-state index in [0.29, 0.717) is 5.13 Å². The van der Waals surface area contributed by atoms with E-state index in [2.05, 4.69) is 10.3 Å². The van der Waals surface area contributed by atoms with E-state index in [1.807, 2.05) is 13.8 Å². The Morgan fingerprint density at radius 1 is 1.30 bits per heavy atom. The molecule has 2 N–H and O–H groups in total. The van der Waals surface area contributed by atoms with E-state index < -0.39 is 30.0 Å². The molecule has 3 heterocycles. The molecule has 2 bridgehead atoms. The summed E-state index contributed by atoms with van der Waals surface area (Å²) in [6, 6.07) is 0. The number of amides is 1. The summed E-state index contributed by atoms with van der Waals surface area (Å²) in [7, 11) is 0. The molecule has 1 aromatic heterocycles. The van der Waals surface area contributed by atoms with Crippen molar-refractivity contribution in [1.82, 2.24) is 4.98 Å². The molecule has 7 heteroatoms. The predicted octanol–water partition coefficient (Wildman–Crippen LogP) is 1.35. The zero-order chi connectivity index (χ0) is 14.4. The zero-order valence-electron chi connectivity index (χ0n) is 11.0. The van der Waals surface area contributed by atoms with Crippen molar-refractivity contribution in [3.63, 3.8) is 0 Å². The summed E-state index contributed by atoms with van der Waals surface area (Å²) in [5.74, 6) is -2.88. The van der Waals surface area contributed by atoms with Crippen LogP contribution >= 0.6 is 11.3 Å². The topological polar surface area (TPSA) is 88.5 Å². The monoisotopic (exact) mass is 294 g/mol. The third-order valence-electron chi connectivity index (χ3n) is 3.75. The van der Waals surface area contributed by atoms with Crippen LogP contribution in [-0.2, 0) is 14.3 Å². The van der Waals surface area contributed by atoms with E-state index in [1.54, 1.807) is 12.2 Å². The van der Waals surface area contributed by atoms with Gasteiger partial charge in [0.1, 0.15) is 5.92 Å². The Labute approximate surface area is 119 Å². The van der Waals surface area contributed by atoms with Crippen molar-refractivity contribution < 1.29 is 19.4 Å². The highest BCUT2D eigenvalue weighted by atomic mass is 32.1. The smallest absolute Gasteiger partial charge is 0.310 e. The van der Waals surface area contributed by atoms with Crippen molar-refractivity contribution >= 4 is 28.3 Å². The number of carboxylic acid groups (broad SMARTS) is 1. The summed E-state index contributed by atoms with van der Waals surface area (Å²) in [4.78, 5) is 28.9. The highest BCUT2D eigenvalue weighted by molar-refractivity contribution is 7.15. The van der Waals surface area contributed by atoms with Gasteiger partial charge in [0.2, 0.25) is 5.91 Å². The van der Waals surface area contributed by atoms with Crippen LogP contribution in [-0.4, -0.2) is 34.2 Å². The van der Waals surface area contributed by atoms with Gasteiger partial charge in [-0.3, -0.25) is 9.59 Å². The number of aromatic nitrogens is 1. The van der Waals surface area contributed by atoms with Crippen LogP contribution in [0.4, 0.5) is 5.13 Å². The molecule has 106 valence electrons. The van der Waals surface area contributed by atoms with E-state index in [4.69, 9.17) is 4.74 Å². The van der Waals surface area contributed by atoms with Crippen molar-refractivity contribution in [2.24, 2.45) is 11.8 Å². The number of hydrogen-bond donors (Lipinski definition) is 2. The van der Waals surface area contributed by atoms with Gasteiger partial charge in [-0.15, -0.1) is 11.3 Å². The molecule has 1 saturated heterocycles. The number of rotatable bonds is 3. The minimum Gasteiger partial charge on any atom is -0.481 e. The maximum absolute atomic E-state index is 12.3. The van der Waals surface area contributed by atoms with Crippen molar-refractivity contribution in [2.75, 3.05) is 5.32 Å². The number of carbonyl (C=O) groups excluding carboxylic acids is 1. The molecule has 0 spiro atoms. The second kappa shape index (κ2) is 4.68. The van der Waals surface area contributed by atoms with Gasteiger partial charge in [0.25, 0.3) is 0 Å². The largest absolute Gasteiger partial charge is 0.481 e. The fourth-order valence-corrected chi connectivity index (χ4v) is 3.45. The summed E-state index contributed by atoms with van der Waals surface area (Å²) < 4.78 is 5.48. The third kappa shape index (κ3) is 2.03. The first kappa shape index (κ1) is 13.3. The number of hydrogen-bond acceptors (Lipinski definition) is 5. The van der Waals surface area contributed by atoms with Crippen molar-refractivity contribution in [2.45, 2.75) is 26.1 Å². The summed E-state index contributed by atoms with van der Waals surface area (Å²) >= 11 is 1.38. The Balaban J connectivity index is 1.79. The van der Waals surface area contributed by atoms with Crippen molar-refractivity contribution in [3.05, 3.63) is 22.7 Å². The van der Waals surface area contributed by atoms with Crippen molar-refractivity contribution in [1.29, 1.82) is 0 Å². The lowest BCUT2D eigenvalue weighted by molar-refractivity contribution is -0.145. The highest BCUT2D eigenvalue weighted by Crippen LogP contribution is 2.40. The van der Waals surface area contributed by atoms with Gasteiger partial charge in [-0.1, -0.05) is 12.2 Å². The highest BCUT2D eigenvalue weighted by Gasteiger charge is 2.53. The number of aryl methyl sites for hydroxylation is 2. The van der Waals surface area contributed by atoms with Crippen LogP contribution in [0.15, 0.2) is 12.2 Å². The fraction of sp³-hybridized carbons (Fsp3) is 0.462. The lowest BCUT2D eigenvalue weighted by Gasteiger charge is -2.20. The van der Waals surface area contributed by atoms with Crippen LogP contribution in [0.3, 0.4) is 0 Å². The molecule has 0 radical (unpaired) electrons. The van der Waals surface area contributed by atoms with Gasteiger partial charge in [0.05, 0.1) is 23.8 Å². The van der Waals surface area contributed by atoms with E-state index >= 15 is 0 Å². The summed E-state index contributed by atoms with van der Waals surface area (Å²) in [5, 5.41) is 12.5. The first-order valence-electron chi connectivity index (χ1n) is 6.29. The molecule has 1 fully saturated rings. The van der Waals surface area contributed by atoms with Crippen LogP contribution in [0, 0.1) is 25.7 Å². The second-order valence-corrected chi connectivity index (χ2v) is 6.19. The molecular formula is C13H14N2O4S. The van der Waals surface area contributed by atoms with E-state index in [1.165, 1.54) is 11.3 Å². The Morgan fingerprint density at radius 2 is 1.95 bits per heavy atom. The van der Waals surface area contributed by atoms with Gasteiger partial charge >= 0.3 is 5.97 Å². The number of anilines is 1. The lowest BCUT2D eigenvalue weighted by atomic mass is 9.82. The summed E-state index contributed by atoms with van der Waals surface area (Å²) in [6.07, 6.45) is 2.51. The van der Waals surface area contributed by atoms with E-state index in [9.17, 15) is 14.7 Å². The molecule has 2 aliphatic rings. The number of nitrogens with one attached hydrogen (secondary N) is 1. The van der Waals surface area contributed by atoms with Crippen LogP contribution < -0.4 is 5.32 Å². The standard InChI is InChI=1S/C13H14N2O4S/c1-5-6(2)20-13(14-5)15-11(16)9-7-3-4-8(19-7)10(9)12(17)18/h3-4,7-10H,1-2H3,(H,17,18)(H,14,15,16)/t7-,8-,9+,10+/m1/s1. The van der Waals surface area contributed by atoms with Crippen LogP contribution in [0.1, 0.15) is 10.6 Å². The molecule has 20 heavy (non-hydrogen) atoms. The number of carboxylic acids is 1. The quantitative estimate of drug-likeness (QED) is 0.822. The first-order valence-corrected chi connectivity index (χ1v) is 7.10. The van der Waals surface area contributed by atoms with Crippen molar-refractivity contribution in [3.8, 4) is 0 Å². The predicted molar refractivity (Wildman–Crippen MR) is 72.6 cm³/mol. The molecule has 0 aromatic carbocycles. The van der Waals surface area contributed by atoms with Gasteiger partial charge in [-0.2, -0.15) is 0 Å².